The van der Waals surface area contributed by atoms with Crippen molar-refractivity contribution in [1.29, 1.82) is 0 Å². The maximum atomic E-state index is 13.6. The van der Waals surface area contributed by atoms with Crippen molar-refractivity contribution in [3.8, 4) is 22.3 Å². The summed E-state index contributed by atoms with van der Waals surface area (Å²) in [6, 6.07) is 27.4. The first-order valence-corrected chi connectivity index (χ1v) is 18.4. The minimum atomic E-state index is -0.217. The first-order chi connectivity index (χ1) is 24.4. The normalized spacial score (nSPS) is 14.0. The average Bonchev–Trinajstić information content (AvgIpc) is 3.14. The lowest BCUT2D eigenvalue weighted by Gasteiger charge is -2.28. The van der Waals surface area contributed by atoms with E-state index in [0.29, 0.717) is 35.3 Å². The van der Waals surface area contributed by atoms with Crippen LogP contribution in [0.25, 0.3) is 43.8 Å². The van der Waals surface area contributed by atoms with Gasteiger partial charge in [-0.3, -0.25) is 29.0 Å². The number of hydrogen-bond acceptors (Lipinski definition) is 4. The van der Waals surface area contributed by atoms with Crippen LogP contribution in [0.15, 0.2) is 84.9 Å². The summed E-state index contributed by atoms with van der Waals surface area (Å²) in [6.07, 6.45) is 10.5. The smallest absolute Gasteiger partial charge is 0.261 e. The molecule has 7 rings (SSSR count). The standard InChI is InChI=1S/C44H44N2O4/c1-3-5-7-9-11-27-45-41(47)35-17-13-15-33-31(23-25-37(39(33)35)43(45)49)29-19-21-30(22-20-29)32-24-26-38-40-34(32)16-14-18-36(40)42(48)46(44(38)50)28-12-10-8-6-4-2/h13-26H,3-12,27-28H2,1-2H3. The van der Waals surface area contributed by atoms with Gasteiger partial charge in [0.2, 0.25) is 0 Å². The maximum absolute atomic E-state index is 13.6. The molecular weight excluding hydrogens is 620 g/mol. The third-order valence-electron chi connectivity index (χ3n) is 10.5. The third kappa shape index (κ3) is 5.91. The molecule has 0 N–H and O–H groups in total. The van der Waals surface area contributed by atoms with Crippen LogP contribution in [0.2, 0.25) is 0 Å². The molecule has 5 aromatic carbocycles. The molecule has 0 radical (unpaired) electrons. The van der Waals surface area contributed by atoms with Crippen LogP contribution in [0.5, 0.6) is 0 Å². The number of carbonyl (C=O) groups is 4. The summed E-state index contributed by atoms with van der Waals surface area (Å²) in [5.41, 5.74) is 6.15. The fourth-order valence-corrected chi connectivity index (χ4v) is 7.78. The predicted octanol–water partition coefficient (Wildman–Crippen LogP) is 10.5. The van der Waals surface area contributed by atoms with Crippen LogP contribution < -0.4 is 0 Å². The number of carbonyl (C=O) groups excluding carboxylic acids is 4. The van der Waals surface area contributed by atoms with Gasteiger partial charge in [-0.25, -0.2) is 0 Å². The molecule has 0 aromatic heterocycles. The quantitative estimate of drug-likeness (QED) is 0.0875. The van der Waals surface area contributed by atoms with E-state index in [1.807, 2.05) is 60.7 Å². The van der Waals surface area contributed by atoms with Gasteiger partial charge in [0, 0.05) is 46.1 Å². The minimum Gasteiger partial charge on any atom is -0.274 e. The van der Waals surface area contributed by atoms with Gasteiger partial charge in [-0.15, -0.1) is 0 Å². The predicted molar refractivity (Wildman–Crippen MR) is 201 cm³/mol. The summed E-state index contributed by atoms with van der Waals surface area (Å²) in [5, 5.41) is 3.20. The van der Waals surface area contributed by atoms with Crippen LogP contribution in [0.4, 0.5) is 0 Å². The highest BCUT2D eigenvalue weighted by Gasteiger charge is 2.34. The van der Waals surface area contributed by atoms with Crippen LogP contribution >= 0.6 is 0 Å². The first-order valence-electron chi connectivity index (χ1n) is 18.4. The monoisotopic (exact) mass is 664 g/mol. The molecule has 0 unspecified atom stereocenters. The zero-order valence-electron chi connectivity index (χ0n) is 29.1. The zero-order chi connectivity index (χ0) is 34.8. The molecule has 6 heteroatoms. The number of amides is 4. The number of rotatable bonds is 14. The third-order valence-corrected chi connectivity index (χ3v) is 10.5. The Morgan fingerprint density at radius 1 is 0.380 bits per heavy atom. The summed E-state index contributed by atoms with van der Waals surface area (Å²) in [4.78, 5) is 57.1. The van der Waals surface area contributed by atoms with Crippen LogP contribution in [0.1, 0.15) is 119 Å². The first kappa shape index (κ1) is 33.4. The number of unbranched alkanes of at least 4 members (excludes halogenated alkanes) is 8. The molecule has 6 nitrogen and oxygen atoms in total. The number of imide groups is 2. The Morgan fingerprint density at radius 3 is 1.10 bits per heavy atom. The van der Waals surface area contributed by atoms with Gasteiger partial charge in [0.15, 0.2) is 0 Å². The second kappa shape index (κ2) is 14.4. The van der Waals surface area contributed by atoms with Gasteiger partial charge in [-0.1, -0.05) is 126 Å². The van der Waals surface area contributed by atoms with Crippen molar-refractivity contribution >= 4 is 45.2 Å². The van der Waals surface area contributed by atoms with E-state index in [0.717, 1.165) is 108 Å². The van der Waals surface area contributed by atoms with E-state index in [1.54, 1.807) is 0 Å². The molecule has 0 atom stereocenters. The molecule has 2 heterocycles. The van der Waals surface area contributed by atoms with Crippen molar-refractivity contribution in [2.75, 3.05) is 13.1 Å². The van der Waals surface area contributed by atoms with Crippen molar-refractivity contribution in [3.05, 3.63) is 107 Å². The van der Waals surface area contributed by atoms with Crippen molar-refractivity contribution in [2.45, 2.75) is 78.1 Å². The molecule has 0 fully saturated rings. The molecular formula is C44H44N2O4. The Morgan fingerprint density at radius 2 is 0.720 bits per heavy atom. The van der Waals surface area contributed by atoms with Gasteiger partial charge in [-0.2, -0.15) is 0 Å². The molecule has 4 amide bonds. The number of hydrogen-bond donors (Lipinski definition) is 0. The Bertz CT molecular complexity index is 1930. The average molecular weight is 665 g/mol. The van der Waals surface area contributed by atoms with E-state index >= 15 is 0 Å². The highest BCUT2D eigenvalue weighted by Crippen LogP contribution is 2.40. The highest BCUT2D eigenvalue weighted by atomic mass is 16.2. The Balaban J connectivity index is 1.17. The summed E-state index contributed by atoms with van der Waals surface area (Å²) < 4.78 is 0. The fourth-order valence-electron chi connectivity index (χ4n) is 7.78. The minimum absolute atomic E-state index is 0.217. The Hall–Kier alpha value is -5.10. The van der Waals surface area contributed by atoms with E-state index in [2.05, 4.69) is 38.1 Å². The second-order valence-corrected chi connectivity index (χ2v) is 13.7. The summed E-state index contributed by atoms with van der Waals surface area (Å²) >= 11 is 0. The van der Waals surface area contributed by atoms with Crippen molar-refractivity contribution in [1.82, 2.24) is 9.80 Å². The van der Waals surface area contributed by atoms with Gasteiger partial charge in [0.1, 0.15) is 0 Å². The van der Waals surface area contributed by atoms with Gasteiger partial charge >= 0.3 is 0 Å². The van der Waals surface area contributed by atoms with Gasteiger partial charge < -0.3 is 0 Å². The molecule has 50 heavy (non-hydrogen) atoms. The largest absolute Gasteiger partial charge is 0.274 e. The van der Waals surface area contributed by atoms with E-state index in [9.17, 15) is 19.2 Å². The summed E-state index contributed by atoms with van der Waals surface area (Å²) in [5.74, 6) is -0.867. The van der Waals surface area contributed by atoms with E-state index in [-0.39, 0.29) is 23.6 Å². The van der Waals surface area contributed by atoms with Gasteiger partial charge in [-0.05, 0) is 70.1 Å². The molecule has 5 aromatic rings. The highest BCUT2D eigenvalue weighted by molar-refractivity contribution is 6.28. The lowest BCUT2D eigenvalue weighted by molar-refractivity contribution is 0.0592. The molecule has 0 saturated carbocycles. The topological polar surface area (TPSA) is 74.8 Å². The second-order valence-electron chi connectivity index (χ2n) is 13.7. The maximum Gasteiger partial charge on any atom is 0.261 e. The van der Waals surface area contributed by atoms with E-state index in [1.165, 1.54) is 9.80 Å². The van der Waals surface area contributed by atoms with Crippen molar-refractivity contribution in [3.63, 3.8) is 0 Å². The van der Waals surface area contributed by atoms with Crippen LogP contribution in [0, 0.1) is 0 Å². The summed E-state index contributed by atoms with van der Waals surface area (Å²) in [6.45, 7) is 5.23. The molecule has 0 bridgehead atoms. The molecule has 0 spiro atoms. The number of benzene rings is 5. The molecule has 254 valence electrons. The van der Waals surface area contributed by atoms with Crippen molar-refractivity contribution in [2.24, 2.45) is 0 Å². The van der Waals surface area contributed by atoms with Crippen LogP contribution in [0.3, 0.4) is 0 Å². The fraction of sp³-hybridized carbons (Fsp3) is 0.318. The Labute approximate surface area is 294 Å². The number of nitrogens with zero attached hydrogens (tertiary/aromatic N) is 2. The molecule has 0 saturated heterocycles. The lowest BCUT2D eigenvalue weighted by Crippen LogP contribution is -2.40. The van der Waals surface area contributed by atoms with Crippen LogP contribution in [-0.2, 0) is 0 Å². The van der Waals surface area contributed by atoms with Gasteiger partial charge in [0.25, 0.3) is 23.6 Å². The van der Waals surface area contributed by atoms with E-state index in [4.69, 9.17) is 0 Å². The zero-order valence-corrected chi connectivity index (χ0v) is 29.1. The molecule has 2 aliphatic rings. The molecule has 0 aliphatic carbocycles. The Kier molecular flexibility index (Phi) is 9.62. The van der Waals surface area contributed by atoms with Crippen molar-refractivity contribution < 1.29 is 19.2 Å². The summed E-state index contributed by atoms with van der Waals surface area (Å²) in [7, 11) is 0. The van der Waals surface area contributed by atoms with E-state index < -0.39 is 0 Å². The van der Waals surface area contributed by atoms with Crippen LogP contribution in [-0.4, -0.2) is 46.5 Å². The molecule has 2 aliphatic heterocycles. The SMILES string of the molecule is CCCCCCCN1C(=O)c2cccc3c(-c4ccc(-c5ccc6c7c(cccc57)C(=O)N(CCCCCCC)C6=O)cc4)ccc(c23)C1=O. The van der Waals surface area contributed by atoms with Gasteiger partial charge in [0.05, 0.1) is 0 Å². The lowest BCUT2D eigenvalue weighted by atomic mass is 9.87.